The molecular formula is C15H25NO2S. The first kappa shape index (κ1) is 16.2. The van der Waals surface area contributed by atoms with E-state index in [4.69, 9.17) is 0 Å². The molecule has 1 aromatic rings. The average molecular weight is 283 g/mol. The summed E-state index contributed by atoms with van der Waals surface area (Å²) in [5, 5.41) is 3.14. The van der Waals surface area contributed by atoms with Crippen molar-refractivity contribution in [2.75, 3.05) is 18.6 Å². The molecule has 0 aliphatic rings. The Labute approximate surface area is 117 Å². The van der Waals surface area contributed by atoms with Gasteiger partial charge in [0.2, 0.25) is 0 Å². The summed E-state index contributed by atoms with van der Waals surface area (Å²) in [6.07, 6.45) is 0. The van der Waals surface area contributed by atoms with Crippen molar-refractivity contribution >= 4 is 9.84 Å². The highest BCUT2D eigenvalue weighted by atomic mass is 32.2. The summed E-state index contributed by atoms with van der Waals surface area (Å²) >= 11 is 0. The first-order chi connectivity index (χ1) is 8.75. The summed E-state index contributed by atoms with van der Waals surface area (Å²) in [6, 6.07) is 6.03. The van der Waals surface area contributed by atoms with Gasteiger partial charge >= 0.3 is 0 Å². The topological polar surface area (TPSA) is 46.2 Å². The number of benzene rings is 1. The van der Waals surface area contributed by atoms with Crippen molar-refractivity contribution in [3.05, 3.63) is 34.9 Å². The molecule has 0 amide bonds. The fourth-order valence-corrected chi connectivity index (χ4v) is 4.30. The maximum absolute atomic E-state index is 12.1. The molecule has 0 aromatic heterocycles. The van der Waals surface area contributed by atoms with E-state index in [1.165, 1.54) is 0 Å². The van der Waals surface area contributed by atoms with E-state index in [0.29, 0.717) is 0 Å². The van der Waals surface area contributed by atoms with Gasteiger partial charge in [0.15, 0.2) is 9.84 Å². The number of rotatable bonds is 6. The lowest BCUT2D eigenvalue weighted by molar-refractivity contribution is 0.562. The molecule has 0 saturated carbocycles. The van der Waals surface area contributed by atoms with Crippen LogP contribution in [0.15, 0.2) is 18.2 Å². The van der Waals surface area contributed by atoms with Crippen LogP contribution in [-0.2, 0) is 9.84 Å². The summed E-state index contributed by atoms with van der Waals surface area (Å²) in [7, 11) is -1.22. The Morgan fingerprint density at radius 3 is 2.32 bits per heavy atom. The molecule has 19 heavy (non-hydrogen) atoms. The third kappa shape index (κ3) is 4.96. The fraction of sp³-hybridized carbons (Fsp3) is 0.600. The Bertz CT molecular complexity index is 521. The molecular weight excluding hydrogens is 258 g/mol. The van der Waals surface area contributed by atoms with Gasteiger partial charge in [-0.05, 0) is 37.9 Å². The number of hydrogen-bond donors (Lipinski definition) is 1. The number of aryl methyl sites for hydroxylation is 2. The van der Waals surface area contributed by atoms with E-state index >= 15 is 0 Å². The van der Waals surface area contributed by atoms with Gasteiger partial charge in [0, 0.05) is 6.04 Å². The van der Waals surface area contributed by atoms with Crippen LogP contribution in [0.4, 0.5) is 0 Å². The fourth-order valence-electron chi connectivity index (χ4n) is 2.29. The third-order valence-corrected chi connectivity index (χ3v) is 5.18. The lowest BCUT2D eigenvalue weighted by Crippen LogP contribution is -2.28. The van der Waals surface area contributed by atoms with Crippen LogP contribution < -0.4 is 5.32 Å². The van der Waals surface area contributed by atoms with Crippen molar-refractivity contribution in [1.29, 1.82) is 0 Å². The van der Waals surface area contributed by atoms with Gasteiger partial charge in [0.1, 0.15) is 0 Å². The maximum atomic E-state index is 12.1. The zero-order chi connectivity index (χ0) is 14.6. The highest BCUT2D eigenvalue weighted by Crippen LogP contribution is 2.21. The molecule has 108 valence electrons. The normalized spacial score (nSPS) is 13.8. The van der Waals surface area contributed by atoms with Crippen molar-refractivity contribution in [3.8, 4) is 0 Å². The standard InChI is InChI=1S/C15H25NO2S/c1-11(2)9-19(17,18)10-15(16-5)14-8-12(3)6-7-13(14)4/h6-8,11,15-16H,9-10H2,1-5H3. The summed E-state index contributed by atoms with van der Waals surface area (Å²) in [6.45, 7) is 7.92. The summed E-state index contributed by atoms with van der Waals surface area (Å²) in [5.74, 6) is 0.572. The molecule has 1 unspecified atom stereocenters. The molecule has 1 atom stereocenters. The molecule has 3 nitrogen and oxygen atoms in total. The predicted molar refractivity (Wildman–Crippen MR) is 81.2 cm³/mol. The Morgan fingerprint density at radius 1 is 1.16 bits per heavy atom. The van der Waals surface area contributed by atoms with Crippen LogP contribution in [0.3, 0.4) is 0 Å². The van der Waals surface area contributed by atoms with Gasteiger partial charge in [-0.3, -0.25) is 0 Å². The second-order valence-corrected chi connectivity index (χ2v) is 7.83. The molecule has 0 bridgehead atoms. The highest BCUT2D eigenvalue weighted by molar-refractivity contribution is 7.91. The molecule has 1 aromatic carbocycles. The Morgan fingerprint density at radius 2 is 1.79 bits per heavy atom. The second kappa shape index (κ2) is 6.53. The SMILES string of the molecule is CNC(CS(=O)(=O)CC(C)C)c1cc(C)ccc1C. The minimum absolute atomic E-state index is 0.136. The van der Waals surface area contributed by atoms with Crippen molar-refractivity contribution in [1.82, 2.24) is 5.32 Å². The monoisotopic (exact) mass is 283 g/mol. The molecule has 1 rings (SSSR count). The van der Waals surface area contributed by atoms with Gasteiger partial charge in [-0.1, -0.05) is 37.6 Å². The molecule has 0 radical (unpaired) electrons. The molecule has 0 spiro atoms. The van der Waals surface area contributed by atoms with Crippen LogP contribution in [0, 0.1) is 19.8 Å². The smallest absolute Gasteiger partial charge is 0.152 e. The van der Waals surface area contributed by atoms with Gasteiger partial charge in [0.25, 0.3) is 0 Å². The van der Waals surface area contributed by atoms with E-state index < -0.39 is 9.84 Å². The Hall–Kier alpha value is -0.870. The van der Waals surface area contributed by atoms with E-state index in [2.05, 4.69) is 11.4 Å². The first-order valence-electron chi connectivity index (χ1n) is 6.70. The third-order valence-electron chi connectivity index (χ3n) is 3.17. The molecule has 0 aliphatic heterocycles. The zero-order valence-electron chi connectivity index (χ0n) is 12.5. The van der Waals surface area contributed by atoms with Crippen LogP contribution in [0.5, 0.6) is 0 Å². The minimum atomic E-state index is -3.03. The predicted octanol–water partition coefficient (Wildman–Crippen LogP) is 2.63. The van der Waals surface area contributed by atoms with E-state index in [0.717, 1.165) is 16.7 Å². The van der Waals surface area contributed by atoms with Crippen LogP contribution >= 0.6 is 0 Å². The first-order valence-corrected chi connectivity index (χ1v) is 8.52. The Kier molecular flexibility index (Phi) is 5.56. The van der Waals surface area contributed by atoms with Gasteiger partial charge < -0.3 is 5.32 Å². The summed E-state index contributed by atoms with van der Waals surface area (Å²) in [5.41, 5.74) is 3.36. The average Bonchev–Trinajstić information content (AvgIpc) is 2.27. The van der Waals surface area contributed by atoms with Gasteiger partial charge in [-0.25, -0.2) is 8.42 Å². The maximum Gasteiger partial charge on any atom is 0.152 e. The quantitative estimate of drug-likeness (QED) is 0.873. The molecule has 1 N–H and O–H groups in total. The van der Waals surface area contributed by atoms with Crippen molar-refractivity contribution < 1.29 is 8.42 Å². The van der Waals surface area contributed by atoms with Crippen LogP contribution in [0.25, 0.3) is 0 Å². The number of sulfone groups is 1. The number of nitrogens with one attached hydrogen (secondary N) is 1. The van der Waals surface area contributed by atoms with Gasteiger partial charge in [-0.2, -0.15) is 0 Å². The molecule has 0 fully saturated rings. The van der Waals surface area contributed by atoms with Crippen molar-refractivity contribution in [2.24, 2.45) is 5.92 Å². The van der Waals surface area contributed by atoms with E-state index in [-0.39, 0.29) is 23.5 Å². The Balaban J connectivity index is 2.99. The lowest BCUT2D eigenvalue weighted by Gasteiger charge is -2.20. The zero-order valence-corrected chi connectivity index (χ0v) is 13.3. The largest absolute Gasteiger partial charge is 0.312 e. The molecule has 0 heterocycles. The molecule has 0 saturated heterocycles. The van der Waals surface area contributed by atoms with Crippen molar-refractivity contribution in [2.45, 2.75) is 33.7 Å². The second-order valence-electron chi connectivity index (χ2n) is 5.67. The van der Waals surface area contributed by atoms with Gasteiger partial charge in [-0.15, -0.1) is 0 Å². The number of hydrogen-bond acceptors (Lipinski definition) is 3. The summed E-state index contributed by atoms with van der Waals surface area (Å²) in [4.78, 5) is 0. The van der Waals surface area contributed by atoms with E-state index in [9.17, 15) is 8.42 Å². The highest BCUT2D eigenvalue weighted by Gasteiger charge is 2.21. The lowest BCUT2D eigenvalue weighted by atomic mass is 10.0. The minimum Gasteiger partial charge on any atom is -0.312 e. The van der Waals surface area contributed by atoms with Gasteiger partial charge in [0.05, 0.1) is 11.5 Å². The van der Waals surface area contributed by atoms with E-state index in [1.54, 1.807) is 0 Å². The van der Waals surface area contributed by atoms with E-state index in [1.807, 2.05) is 46.9 Å². The van der Waals surface area contributed by atoms with Crippen LogP contribution in [0.2, 0.25) is 0 Å². The molecule has 4 heteroatoms. The van der Waals surface area contributed by atoms with Crippen LogP contribution in [0.1, 0.15) is 36.6 Å². The summed E-state index contributed by atoms with van der Waals surface area (Å²) < 4.78 is 24.3. The molecule has 0 aliphatic carbocycles. The van der Waals surface area contributed by atoms with Crippen molar-refractivity contribution in [3.63, 3.8) is 0 Å². The van der Waals surface area contributed by atoms with Crippen LogP contribution in [-0.4, -0.2) is 27.0 Å².